The maximum Gasteiger partial charge on any atom is 0.407 e. The number of carbonyl (C=O) groups excluding carboxylic acids is 1. The molecule has 0 saturated heterocycles. The van der Waals surface area contributed by atoms with Crippen molar-refractivity contribution in [2.24, 2.45) is 0 Å². The molecule has 1 aliphatic carbocycles. The summed E-state index contributed by atoms with van der Waals surface area (Å²) < 4.78 is 8.27. The zero-order chi connectivity index (χ0) is 18.2. The van der Waals surface area contributed by atoms with Crippen molar-refractivity contribution >= 4 is 69.1 Å². The lowest BCUT2D eigenvalue weighted by atomic mass is 9.86. The number of alkyl carbamates (subject to hydrolysis) is 1. The van der Waals surface area contributed by atoms with E-state index in [4.69, 9.17) is 4.74 Å². The minimum absolute atomic E-state index is 0.151. The Morgan fingerprint density at radius 1 is 1.44 bits per heavy atom. The Labute approximate surface area is 171 Å². The number of pyridine rings is 1. The standard InChI is InChI=1S/C16H20BrIN4O2S/c1-16(2,3)24-15(23)21-10-6-9(7-10)20-13-11-4-5-22(25-18)14(11)19-8-12(13)17/h4-5,8-10H,6-7H2,1-3H3,(H,19,20)(H,21,23). The second-order valence-corrected chi connectivity index (χ2v) is 9.65. The van der Waals surface area contributed by atoms with Crippen molar-refractivity contribution in [2.45, 2.75) is 51.3 Å². The maximum absolute atomic E-state index is 11.8. The zero-order valence-electron chi connectivity index (χ0n) is 14.2. The van der Waals surface area contributed by atoms with Crippen LogP contribution < -0.4 is 10.6 Å². The third kappa shape index (κ3) is 4.54. The highest BCUT2D eigenvalue weighted by molar-refractivity contribution is 14.2. The number of anilines is 1. The highest BCUT2D eigenvalue weighted by atomic mass is 127. The fourth-order valence-corrected chi connectivity index (χ4v) is 4.47. The third-order valence-corrected chi connectivity index (χ3v) is 6.23. The second kappa shape index (κ2) is 7.51. The minimum atomic E-state index is -0.469. The van der Waals surface area contributed by atoms with Crippen molar-refractivity contribution in [2.75, 3.05) is 5.32 Å². The molecule has 1 fully saturated rings. The van der Waals surface area contributed by atoms with E-state index >= 15 is 0 Å². The highest BCUT2D eigenvalue weighted by Gasteiger charge is 2.32. The van der Waals surface area contributed by atoms with Crippen molar-refractivity contribution < 1.29 is 9.53 Å². The van der Waals surface area contributed by atoms with E-state index < -0.39 is 5.60 Å². The predicted molar refractivity (Wildman–Crippen MR) is 114 cm³/mol. The molecule has 1 saturated carbocycles. The van der Waals surface area contributed by atoms with Crippen LogP contribution in [0, 0.1) is 0 Å². The average Bonchev–Trinajstić information content (AvgIpc) is 2.88. The molecular weight excluding hydrogens is 519 g/mol. The van der Waals surface area contributed by atoms with Crippen LogP contribution in [0.4, 0.5) is 10.5 Å². The SMILES string of the molecule is CC(C)(C)OC(=O)NC1CC(Nc2c(Br)cnc3c2ccn3SI)C1. The summed E-state index contributed by atoms with van der Waals surface area (Å²) in [7, 11) is 1.59. The number of aromatic nitrogens is 2. The number of ether oxygens (including phenoxy) is 1. The van der Waals surface area contributed by atoms with Crippen LogP contribution in [0.5, 0.6) is 0 Å². The van der Waals surface area contributed by atoms with E-state index in [9.17, 15) is 4.79 Å². The van der Waals surface area contributed by atoms with Gasteiger partial charge in [0, 0.05) is 60.2 Å². The number of fused-ring (bicyclic) bond motifs is 1. The number of nitrogens with zero attached hydrogens (tertiary/aromatic N) is 2. The molecule has 0 aliphatic heterocycles. The van der Waals surface area contributed by atoms with Gasteiger partial charge in [0.15, 0.2) is 5.65 Å². The van der Waals surface area contributed by atoms with Gasteiger partial charge in [0.1, 0.15) is 5.60 Å². The molecule has 0 spiro atoms. The van der Waals surface area contributed by atoms with Crippen LogP contribution >= 0.6 is 46.3 Å². The first-order chi connectivity index (χ1) is 11.8. The molecule has 2 N–H and O–H groups in total. The van der Waals surface area contributed by atoms with Crippen molar-refractivity contribution in [3.8, 4) is 0 Å². The fraction of sp³-hybridized carbons (Fsp3) is 0.500. The maximum atomic E-state index is 11.8. The Bertz CT molecular complexity index is 786. The van der Waals surface area contributed by atoms with Crippen LogP contribution in [0.25, 0.3) is 11.0 Å². The van der Waals surface area contributed by atoms with Gasteiger partial charge in [0.25, 0.3) is 0 Å². The van der Waals surface area contributed by atoms with Gasteiger partial charge in [0.05, 0.1) is 10.2 Å². The Kier molecular flexibility index (Phi) is 5.74. The number of nitrogens with one attached hydrogen (secondary N) is 2. The number of hydrogen-bond donors (Lipinski definition) is 2. The molecule has 0 unspecified atom stereocenters. The monoisotopic (exact) mass is 538 g/mol. The molecule has 0 bridgehead atoms. The quantitative estimate of drug-likeness (QED) is 0.529. The Morgan fingerprint density at radius 2 is 2.16 bits per heavy atom. The summed E-state index contributed by atoms with van der Waals surface area (Å²) in [6.07, 6.45) is 5.23. The lowest BCUT2D eigenvalue weighted by Crippen LogP contribution is -2.50. The van der Waals surface area contributed by atoms with Gasteiger partial charge in [-0.15, -0.1) is 0 Å². The number of hydrogen-bond acceptors (Lipinski definition) is 5. The lowest BCUT2D eigenvalue weighted by Gasteiger charge is -2.37. The second-order valence-electron chi connectivity index (χ2n) is 7.08. The van der Waals surface area contributed by atoms with Crippen molar-refractivity contribution in [1.29, 1.82) is 0 Å². The van der Waals surface area contributed by atoms with Crippen LogP contribution in [0.1, 0.15) is 33.6 Å². The van der Waals surface area contributed by atoms with Crippen LogP contribution in [0.2, 0.25) is 0 Å². The van der Waals surface area contributed by atoms with E-state index in [-0.39, 0.29) is 12.1 Å². The van der Waals surface area contributed by atoms with E-state index in [0.29, 0.717) is 6.04 Å². The number of amides is 1. The lowest BCUT2D eigenvalue weighted by molar-refractivity contribution is 0.0475. The largest absolute Gasteiger partial charge is 0.444 e. The summed E-state index contributed by atoms with van der Waals surface area (Å²) >= 11 is 5.83. The van der Waals surface area contributed by atoms with Gasteiger partial charge in [-0.05, 0) is 55.6 Å². The molecule has 6 nitrogen and oxygen atoms in total. The molecule has 9 heteroatoms. The van der Waals surface area contributed by atoms with Gasteiger partial charge < -0.3 is 15.4 Å². The molecule has 25 heavy (non-hydrogen) atoms. The average molecular weight is 539 g/mol. The van der Waals surface area contributed by atoms with Crippen molar-refractivity contribution in [1.82, 2.24) is 14.3 Å². The van der Waals surface area contributed by atoms with Gasteiger partial charge in [-0.25, -0.2) is 9.78 Å². The molecule has 0 aromatic carbocycles. The summed E-state index contributed by atoms with van der Waals surface area (Å²) in [5.41, 5.74) is 1.52. The molecule has 1 aliphatic rings. The highest BCUT2D eigenvalue weighted by Crippen LogP contribution is 2.36. The van der Waals surface area contributed by atoms with Crippen LogP contribution in [-0.4, -0.2) is 32.7 Å². The van der Waals surface area contributed by atoms with E-state index in [1.165, 1.54) is 0 Å². The van der Waals surface area contributed by atoms with Crippen LogP contribution in [0.15, 0.2) is 22.9 Å². The zero-order valence-corrected chi connectivity index (χ0v) is 18.7. The van der Waals surface area contributed by atoms with E-state index in [1.807, 2.05) is 37.1 Å². The Hall–Kier alpha value is -0.680. The summed E-state index contributed by atoms with van der Waals surface area (Å²) in [6, 6.07) is 2.53. The van der Waals surface area contributed by atoms with E-state index in [1.54, 1.807) is 9.12 Å². The molecule has 0 atom stereocenters. The van der Waals surface area contributed by atoms with Gasteiger partial charge in [0.2, 0.25) is 0 Å². The molecule has 3 rings (SSSR count). The normalized spacial score (nSPS) is 20.2. The van der Waals surface area contributed by atoms with Crippen molar-refractivity contribution in [3.05, 3.63) is 22.9 Å². The summed E-state index contributed by atoms with van der Waals surface area (Å²) in [5.74, 6) is 0. The topological polar surface area (TPSA) is 68.2 Å². The predicted octanol–water partition coefficient (Wildman–Crippen LogP) is 5.11. The van der Waals surface area contributed by atoms with Gasteiger partial charge >= 0.3 is 6.09 Å². The van der Waals surface area contributed by atoms with Crippen molar-refractivity contribution in [3.63, 3.8) is 0 Å². The first kappa shape index (κ1) is 19.1. The van der Waals surface area contributed by atoms with Crippen LogP contribution in [-0.2, 0) is 4.74 Å². The molecule has 136 valence electrons. The summed E-state index contributed by atoms with van der Waals surface area (Å²) in [4.78, 5) is 16.3. The van der Waals surface area contributed by atoms with Gasteiger partial charge in [-0.3, -0.25) is 3.97 Å². The summed E-state index contributed by atoms with van der Waals surface area (Å²) in [5, 5.41) is 7.58. The first-order valence-corrected chi connectivity index (χ1v) is 12.1. The minimum Gasteiger partial charge on any atom is -0.444 e. The third-order valence-electron chi connectivity index (χ3n) is 3.92. The smallest absolute Gasteiger partial charge is 0.407 e. The van der Waals surface area contributed by atoms with Gasteiger partial charge in [-0.1, -0.05) is 0 Å². The Morgan fingerprint density at radius 3 is 2.80 bits per heavy atom. The number of carbonyl (C=O) groups is 1. The fourth-order valence-electron chi connectivity index (χ4n) is 2.77. The van der Waals surface area contributed by atoms with Crippen LogP contribution in [0.3, 0.4) is 0 Å². The molecule has 1 amide bonds. The summed E-state index contributed by atoms with van der Waals surface area (Å²) in [6.45, 7) is 5.60. The number of rotatable bonds is 4. The molecular formula is C16H20BrIN4O2S. The van der Waals surface area contributed by atoms with E-state index in [2.05, 4.69) is 58.8 Å². The molecule has 2 heterocycles. The first-order valence-electron chi connectivity index (χ1n) is 7.97. The molecule has 2 aromatic rings. The molecule has 0 radical (unpaired) electrons. The number of halogens is 2. The Balaban J connectivity index is 1.60. The van der Waals surface area contributed by atoms with E-state index in [0.717, 1.165) is 34.0 Å². The molecule has 2 aromatic heterocycles. The van der Waals surface area contributed by atoms with Gasteiger partial charge in [-0.2, -0.15) is 0 Å².